The van der Waals surface area contributed by atoms with Gasteiger partial charge < -0.3 is 9.88 Å². The largest absolute Gasteiger partial charge is 0.350 e. The van der Waals surface area contributed by atoms with E-state index in [1.807, 2.05) is 31.2 Å². The second-order valence-corrected chi connectivity index (χ2v) is 5.57. The van der Waals surface area contributed by atoms with Gasteiger partial charge in [0.05, 0.1) is 22.8 Å². The molecule has 0 unspecified atom stereocenters. The lowest BCUT2D eigenvalue weighted by Gasteiger charge is -2.08. The standard InChI is InChI=1S/C17H21N5O/c1-3-6-14-13(11-19-21-14)17(23)18-9-10-22-12(2)20-15-7-4-5-8-16(15)22/h4-5,7-8,11H,3,6,9-10H2,1-2H3,(H,18,23)(H,19,21). The predicted octanol–water partition coefficient (Wildman–Crippen LogP) is 2.45. The van der Waals surface area contributed by atoms with Gasteiger partial charge in [-0.05, 0) is 25.5 Å². The fourth-order valence-corrected chi connectivity index (χ4v) is 2.80. The first kappa shape index (κ1) is 15.3. The number of imidazole rings is 1. The minimum atomic E-state index is -0.0794. The number of nitrogens with zero attached hydrogens (tertiary/aromatic N) is 3. The monoisotopic (exact) mass is 311 g/mol. The summed E-state index contributed by atoms with van der Waals surface area (Å²) in [5, 5.41) is 9.84. The Kier molecular flexibility index (Phi) is 4.41. The van der Waals surface area contributed by atoms with Crippen molar-refractivity contribution in [1.82, 2.24) is 25.1 Å². The topological polar surface area (TPSA) is 75.6 Å². The Balaban J connectivity index is 1.65. The molecule has 0 aliphatic rings. The van der Waals surface area contributed by atoms with E-state index in [0.717, 1.165) is 35.4 Å². The second-order valence-electron chi connectivity index (χ2n) is 5.57. The van der Waals surface area contributed by atoms with Gasteiger partial charge in [0, 0.05) is 18.8 Å². The zero-order valence-electron chi connectivity index (χ0n) is 13.5. The van der Waals surface area contributed by atoms with Crippen LogP contribution in [0.15, 0.2) is 30.5 Å². The molecular weight excluding hydrogens is 290 g/mol. The Morgan fingerprint density at radius 2 is 2.17 bits per heavy atom. The summed E-state index contributed by atoms with van der Waals surface area (Å²) in [5.41, 5.74) is 3.61. The molecule has 0 aliphatic heterocycles. The fourth-order valence-electron chi connectivity index (χ4n) is 2.80. The summed E-state index contributed by atoms with van der Waals surface area (Å²) in [7, 11) is 0. The number of fused-ring (bicyclic) bond motifs is 1. The van der Waals surface area contributed by atoms with Crippen molar-refractivity contribution in [2.75, 3.05) is 6.54 Å². The predicted molar refractivity (Wildman–Crippen MR) is 89.4 cm³/mol. The van der Waals surface area contributed by atoms with Gasteiger partial charge in [0.25, 0.3) is 5.91 Å². The van der Waals surface area contributed by atoms with E-state index in [0.29, 0.717) is 18.7 Å². The van der Waals surface area contributed by atoms with Crippen LogP contribution in [0.5, 0.6) is 0 Å². The summed E-state index contributed by atoms with van der Waals surface area (Å²) in [5.74, 6) is 0.875. The number of aromatic amines is 1. The molecule has 1 aromatic carbocycles. The Labute approximate surface area is 134 Å². The van der Waals surface area contributed by atoms with Crippen molar-refractivity contribution in [3.05, 3.63) is 47.5 Å². The van der Waals surface area contributed by atoms with Crippen LogP contribution in [-0.4, -0.2) is 32.2 Å². The number of amides is 1. The lowest BCUT2D eigenvalue weighted by molar-refractivity contribution is 0.0951. The molecule has 3 rings (SSSR count). The van der Waals surface area contributed by atoms with Crippen LogP contribution >= 0.6 is 0 Å². The van der Waals surface area contributed by atoms with Gasteiger partial charge in [0.1, 0.15) is 5.82 Å². The van der Waals surface area contributed by atoms with Crippen molar-refractivity contribution in [2.45, 2.75) is 33.2 Å². The van der Waals surface area contributed by atoms with E-state index in [1.165, 1.54) is 0 Å². The number of aryl methyl sites for hydroxylation is 2. The Bertz CT molecular complexity index is 817. The average Bonchev–Trinajstić information content (AvgIpc) is 3.12. The van der Waals surface area contributed by atoms with Gasteiger partial charge in [-0.25, -0.2) is 4.98 Å². The fraction of sp³-hybridized carbons (Fsp3) is 0.353. The summed E-state index contributed by atoms with van der Waals surface area (Å²) in [6, 6.07) is 8.03. The van der Waals surface area contributed by atoms with Crippen LogP contribution in [0.25, 0.3) is 11.0 Å². The number of hydrogen-bond donors (Lipinski definition) is 2. The number of para-hydroxylation sites is 2. The van der Waals surface area contributed by atoms with E-state index in [9.17, 15) is 4.79 Å². The Morgan fingerprint density at radius 3 is 3.00 bits per heavy atom. The molecule has 0 radical (unpaired) electrons. The Morgan fingerprint density at radius 1 is 1.35 bits per heavy atom. The zero-order chi connectivity index (χ0) is 16.2. The first-order valence-electron chi connectivity index (χ1n) is 7.93. The molecule has 0 bridgehead atoms. The van der Waals surface area contributed by atoms with E-state index >= 15 is 0 Å². The molecule has 0 saturated carbocycles. The van der Waals surface area contributed by atoms with Gasteiger partial charge in [-0.15, -0.1) is 0 Å². The van der Waals surface area contributed by atoms with Gasteiger partial charge in [-0.2, -0.15) is 5.10 Å². The maximum atomic E-state index is 12.3. The third-order valence-corrected chi connectivity index (χ3v) is 3.93. The highest BCUT2D eigenvalue weighted by atomic mass is 16.1. The number of rotatable bonds is 6. The van der Waals surface area contributed by atoms with Crippen LogP contribution in [0.2, 0.25) is 0 Å². The Hall–Kier alpha value is -2.63. The van der Waals surface area contributed by atoms with Crippen LogP contribution in [0, 0.1) is 6.92 Å². The number of H-pyrrole nitrogens is 1. The van der Waals surface area contributed by atoms with Crippen molar-refractivity contribution >= 4 is 16.9 Å². The van der Waals surface area contributed by atoms with Crippen molar-refractivity contribution < 1.29 is 4.79 Å². The van der Waals surface area contributed by atoms with Crippen LogP contribution in [0.3, 0.4) is 0 Å². The van der Waals surface area contributed by atoms with Crippen LogP contribution in [0.4, 0.5) is 0 Å². The van der Waals surface area contributed by atoms with E-state index in [2.05, 4.69) is 32.0 Å². The molecule has 3 aromatic rings. The smallest absolute Gasteiger partial charge is 0.254 e. The van der Waals surface area contributed by atoms with Gasteiger partial charge in [-0.1, -0.05) is 25.5 Å². The van der Waals surface area contributed by atoms with Crippen molar-refractivity contribution in [1.29, 1.82) is 0 Å². The highest BCUT2D eigenvalue weighted by Gasteiger charge is 2.13. The summed E-state index contributed by atoms with van der Waals surface area (Å²) in [6.45, 7) is 5.31. The van der Waals surface area contributed by atoms with Crippen molar-refractivity contribution in [3.63, 3.8) is 0 Å². The summed E-state index contributed by atoms with van der Waals surface area (Å²) in [6.07, 6.45) is 3.40. The first-order chi connectivity index (χ1) is 11.2. The van der Waals surface area contributed by atoms with Crippen LogP contribution < -0.4 is 5.32 Å². The zero-order valence-corrected chi connectivity index (χ0v) is 13.5. The molecule has 0 atom stereocenters. The maximum Gasteiger partial charge on any atom is 0.254 e. The van der Waals surface area contributed by atoms with Gasteiger partial charge in [0.15, 0.2) is 0 Å². The molecular formula is C17H21N5O. The lowest BCUT2D eigenvalue weighted by atomic mass is 10.1. The molecule has 2 N–H and O–H groups in total. The molecule has 0 fully saturated rings. The second kappa shape index (κ2) is 6.64. The van der Waals surface area contributed by atoms with Crippen LogP contribution in [0.1, 0.15) is 35.2 Å². The highest BCUT2D eigenvalue weighted by molar-refractivity contribution is 5.95. The highest BCUT2D eigenvalue weighted by Crippen LogP contribution is 2.15. The lowest BCUT2D eigenvalue weighted by Crippen LogP contribution is -2.28. The van der Waals surface area contributed by atoms with Gasteiger partial charge in [-0.3, -0.25) is 9.89 Å². The molecule has 6 nitrogen and oxygen atoms in total. The minimum Gasteiger partial charge on any atom is -0.350 e. The first-order valence-corrected chi connectivity index (χ1v) is 7.93. The van der Waals surface area contributed by atoms with E-state index in [-0.39, 0.29) is 5.91 Å². The molecule has 23 heavy (non-hydrogen) atoms. The van der Waals surface area contributed by atoms with E-state index in [1.54, 1.807) is 6.20 Å². The van der Waals surface area contributed by atoms with E-state index in [4.69, 9.17) is 0 Å². The summed E-state index contributed by atoms with van der Waals surface area (Å²) in [4.78, 5) is 16.8. The molecule has 0 aliphatic carbocycles. The van der Waals surface area contributed by atoms with Gasteiger partial charge >= 0.3 is 0 Å². The normalized spacial score (nSPS) is 11.0. The quantitative estimate of drug-likeness (QED) is 0.734. The molecule has 2 aromatic heterocycles. The van der Waals surface area contributed by atoms with Crippen molar-refractivity contribution in [2.24, 2.45) is 0 Å². The third kappa shape index (κ3) is 3.11. The maximum absolute atomic E-state index is 12.3. The van der Waals surface area contributed by atoms with Gasteiger partial charge in [0.2, 0.25) is 0 Å². The van der Waals surface area contributed by atoms with Crippen LogP contribution in [-0.2, 0) is 13.0 Å². The molecule has 2 heterocycles. The number of benzene rings is 1. The molecule has 120 valence electrons. The molecule has 6 heteroatoms. The summed E-state index contributed by atoms with van der Waals surface area (Å²) < 4.78 is 2.12. The average molecular weight is 311 g/mol. The van der Waals surface area contributed by atoms with Crippen molar-refractivity contribution in [3.8, 4) is 0 Å². The van der Waals surface area contributed by atoms with E-state index < -0.39 is 0 Å². The number of nitrogens with one attached hydrogen (secondary N) is 2. The molecule has 1 amide bonds. The number of aromatic nitrogens is 4. The third-order valence-electron chi connectivity index (χ3n) is 3.93. The number of hydrogen-bond acceptors (Lipinski definition) is 3. The molecule has 0 saturated heterocycles. The number of carbonyl (C=O) groups is 1. The SMILES string of the molecule is CCCc1[nH]ncc1C(=O)NCCn1c(C)nc2ccccc21. The summed E-state index contributed by atoms with van der Waals surface area (Å²) >= 11 is 0. The molecule has 0 spiro atoms. The number of carbonyl (C=O) groups excluding carboxylic acids is 1. The minimum absolute atomic E-state index is 0.0794.